The van der Waals surface area contributed by atoms with Gasteiger partial charge in [0.15, 0.2) is 0 Å². The van der Waals surface area contributed by atoms with Crippen molar-refractivity contribution in [1.82, 2.24) is 0 Å². The van der Waals surface area contributed by atoms with E-state index in [-0.39, 0.29) is 12.0 Å². The molecule has 0 bridgehead atoms. The Hall–Kier alpha value is -0.730. The molecule has 1 saturated carbocycles. The number of hydrogen-bond acceptors (Lipinski definition) is 2. The average Bonchev–Trinajstić information content (AvgIpc) is 2.02. The van der Waals surface area contributed by atoms with E-state index in [1.807, 2.05) is 13.8 Å². The predicted molar refractivity (Wildman–Crippen MR) is 55.7 cm³/mol. The van der Waals surface area contributed by atoms with Gasteiger partial charge >= 0.3 is 0 Å². The van der Waals surface area contributed by atoms with Crippen molar-refractivity contribution in [3.63, 3.8) is 0 Å². The van der Waals surface area contributed by atoms with E-state index in [2.05, 4.69) is 16.9 Å². The first kappa shape index (κ1) is 11.3. The van der Waals surface area contributed by atoms with Crippen LogP contribution in [0, 0.1) is 11.8 Å². The molecule has 4 heteroatoms. The third-order valence-electron chi connectivity index (χ3n) is 3.29. The maximum absolute atomic E-state index is 9.92. The van der Waals surface area contributed by atoms with Gasteiger partial charge in [-0.3, -0.25) is 0 Å². The molecule has 0 saturated heterocycles. The van der Waals surface area contributed by atoms with Gasteiger partial charge in [0, 0.05) is 10.5 Å². The van der Waals surface area contributed by atoms with E-state index in [9.17, 15) is 5.11 Å². The van der Waals surface area contributed by atoms with Crippen LogP contribution in [0.4, 0.5) is 0 Å². The second-order valence-electron chi connectivity index (χ2n) is 4.94. The number of azide groups is 1. The summed E-state index contributed by atoms with van der Waals surface area (Å²) in [5.41, 5.74) is 7.98. The number of aliphatic hydroxyl groups excluding tert-OH is 1. The topological polar surface area (TPSA) is 69.0 Å². The molecule has 1 aliphatic rings. The fraction of sp³-hybridized carbons (Fsp3) is 1.00. The molecule has 0 aromatic rings. The Kier molecular flexibility index (Phi) is 3.40. The number of nitrogens with zero attached hydrogens (tertiary/aromatic N) is 3. The maximum atomic E-state index is 9.92. The first-order chi connectivity index (χ1) is 6.47. The molecule has 14 heavy (non-hydrogen) atoms. The molecule has 1 rings (SSSR count). The molecule has 0 aliphatic heterocycles. The normalized spacial score (nSPS) is 33.6. The van der Waals surface area contributed by atoms with Gasteiger partial charge in [-0.1, -0.05) is 32.3 Å². The zero-order valence-corrected chi connectivity index (χ0v) is 9.14. The average molecular weight is 197 g/mol. The second kappa shape index (κ2) is 4.20. The van der Waals surface area contributed by atoms with Gasteiger partial charge in [0.05, 0.1) is 6.10 Å². The van der Waals surface area contributed by atoms with Gasteiger partial charge in [0.2, 0.25) is 0 Å². The quantitative estimate of drug-likeness (QED) is 0.412. The molecule has 0 aromatic heterocycles. The summed E-state index contributed by atoms with van der Waals surface area (Å²) in [6, 6.07) is 0. The van der Waals surface area contributed by atoms with Crippen molar-refractivity contribution in [3.05, 3.63) is 10.4 Å². The maximum Gasteiger partial charge on any atom is 0.0577 e. The van der Waals surface area contributed by atoms with Crippen LogP contribution in [0.3, 0.4) is 0 Å². The molecule has 0 unspecified atom stereocenters. The van der Waals surface area contributed by atoms with Gasteiger partial charge in [-0.15, -0.1) is 0 Å². The molecule has 0 heterocycles. The lowest BCUT2D eigenvalue weighted by atomic mass is 9.72. The Balaban J connectivity index is 2.72. The van der Waals surface area contributed by atoms with Crippen molar-refractivity contribution in [2.75, 3.05) is 0 Å². The third-order valence-corrected chi connectivity index (χ3v) is 3.29. The molecule has 1 fully saturated rings. The minimum atomic E-state index is -0.464. The van der Waals surface area contributed by atoms with Crippen LogP contribution < -0.4 is 0 Å². The summed E-state index contributed by atoms with van der Waals surface area (Å²) >= 11 is 0. The summed E-state index contributed by atoms with van der Waals surface area (Å²) in [6.45, 7) is 5.95. The van der Waals surface area contributed by atoms with E-state index >= 15 is 0 Å². The standard InChI is InChI=1S/C10H19N3O/c1-7-4-5-8(9(14)6-7)10(2,3)12-13-11/h7-9,14H,4-6H2,1-3H3/t7-,8-,9-/m1/s1. The van der Waals surface area contributed by atoms with Crippen LogP contribution in [0.2, 0.25) is 0 Å². The van der Waals surface area contributed by atoms with Gasteiger partial charge in [-0.05, 0) is 30.2 Å². The van der Waals surface area contributed by atoms with Crippen LogP contribution in [0.15, 0.2) is 5.11 Å². The first-order valence-corrected chi connectivity index (χ1v) is 5.21. The van der Waals surface area contributed by atoms with Gasteiger partial charge in [-0.2, -0.15) is 0 Å². The van der Waals surface area contributed by atoms with Crippen molar-refractivity contribution in [1.29, 1.82) is 0 Å². The zero-order chi connectivity index (χ0) is 10.8. The molecule has 0 spiro atoms. The molecular weight excluding hydrogens is 178 g/mol. The molecule has 0 amide bonds. The lowest BCUT2D eigenvalue weighted by Gasteiger charge is -2.39. The summed E-state index contributed by atoms with van der Waals surface area (Å²) in [7, 11) is 0. The molecule has 1 N–H and O–H groups in total. The molecule has 0 aromatic carbocycles. The smallest absolute Gasteiger partial charge is 0.0577 e. The molecule has 0 radical (unpaired) electrons. The Bertz CT molecular complexity index is 246. The fourth-order valence-electron chi connectivity index (χ4n) is 2.36. The minimum absolute atomic E-state index is 0.106. The number of hydrogen-bond donors (Lipinski definition) is 1. The van der Waals surface area contributed by atoms with Crippen molar-refractivity contribution in [2.45, 2.75) is 51.7 Å². The summed E-state index contributed by atoms with van der Waals surface area (Å²) in [6.07, 6.45) is 2.58. The molecule has 80 valence electrons. The van der Waals surface area contributed by atoms with Gasteiger partial charge < -0.3 is 5.11 Å². The second-order valence-corrected chi connectivity index (χ2v) is 4.94. The van der Waals surface area contributed by atoms with Crippen LogP contribution in [-0.2, 0) is 0 Å². The Morgan fingerprint density at radius 2 is 2.07 bits per heavy atom. The van der Waals surface area contributed by atoms with E-state index in [1.165, 1.54) is 0 Å². The molecular formula is C10H19N3O. The SMILES string of the molecule is C[C@@H]1CC[C@@H](C(C)(C)N=[N+]=[N-])[C@H](O)C1. The highest BCUT2D eigenvalue weighted by molar-refractivity contribution is 4.93. The Morgan fingerprint density at radius 1 is 1.43 bits per heavy atom. The van der Waals surface area contributed by atoms with Crippen LogP contribution in [0.5, 0.6) is 0 Å². The zero-order valence-electron chi connectivity index (χ0n) is 9.14. The molecule has 3 atom stereocenters. The van der Waals surface area contributed by atoms with E-state index < -0.39 is 5.54 Å². The highest BCUT2D eigenvalue weighted by Gasteiger charge is 2.37. The van der Waals surface area contributed by atoms with Crippen LogP contribution >= 0.6 is 0 Å². The lowest BCUT2D eigenvalue weighted by molar-refractivity contribution is 0.0172. The van der Waals surface area contributed by atoms with Crippen molar-refractivity contribution < 1.29 is 5.11 Å². The molecule has 4 nitrogen and oxygen atoms in total. The molecule has 1 aliphatic carbocycles. The Morgan fingerprint density at radius 3 is 2.57 bits per heavy atom. The number of aliphatic hydroxyl groups is 1. The third kappa shape index (κ3) is 2.40. The number of rotatable bonds is 2. The summed E-state index contributed by atoms with van der Waals surface area (Å²) in [5, 5.41) is 13.7. The highest BCUT2D eigenvalue weighted by Crippen LogP contribution is 2.37. The highest BCUT2D eigenvalue weighted by atomic mass is 16.3. The van der Waals surface area contributed by atoms with Crippen molar-refractivity contribution >= 4 is 0 Å². The van der Waals surface area contributed by atoms with Gasteiger partial charge in [-0.25, -0.2) is 0 Å². The van der Waals surface area contributed by atoms with Crippen LogP contribution in [-0.4, -0.2) is 16.7 Å². The van der Waals surface area contributed by atoms with Gasteiger partial charge in [0.25, 0.3) is 0 Å². The van der Waals surface area contributed by atoms with Crippen LogP contribution in [0.25, 0.3) is 10.4 Å². The van der Waals surface area contributed by atoms with Crippen molar-refractivity contribution in [3.8, 4) is 0 Å². The lowest BCUT2D eigenvalue weighted by Crippen LogP contribution is -2.41. The monoisotopic (exact) mass is 197 g/mol. The summed E-state index contributed by atoms with van der Waals surface area (Å²) < 4.78 is 0. The largest absolute Gasteiger partial charge is 0.393 e. The Labute approximate surface area is 84.9 Å². The predicted octanol–water partition coefficient (Wildman–Crippen LogP) is 2.87. The summed E-state index contributed by atoms with van der Waals surface area (Å²) in [5.74, 6) is 0.692. The van der Waals surface area contributed by atoms with Crippen molar-refractivity contribution in [2.24, 2.45) is 17.0 Å². The fourth-order valence-corrected chi connectivity index (χ4v) is 2.36. The van der Waals surface area contributed by atoms with Gasteiger partial charge in [0.1, 0.15) is 0 Å². The van der Waals surface area contributed by atoms with Crippen LogP contribution in [0.1, 0.15) is 40.0 Å². The van der Waals surface area contributed by atoms with E-state index in [0.29, 0.717) is 5.92 Å². The van der Waals surface area contributed by atoms with E-state index in [1.54, 1.807) is 0 Å². The van der Waals surface area contributed by atoms with E-state index in [0.717, 1.165) is 19.3 Å². The first-order valence-electron chi connectivity index (χ1n) is 5.21. The minimum Gasteiger partial charge on any atom is -0.393 e. The summed E-state index contributed by atoms with van der Waals surface area (Å²) in [4.78, 5) is 2.85. The van der Waals surface area contributed by atoms with E-state index in [4.69, 9.17) is 5.53 Å².